The zero-order chi connectivity index (χ0) is 12.4. The van der Waals surface area contributed by atoms with Gasteiger partial charge in [-0.1, -0.05) is 6.07 Å². The van der Waals surface area contributed by atoms with E-state index >= 15 is 0 Å². The van der Waals surface area contributed by atoms with Gasteiger partial charge < -0.3 is 4.42 Å². The zero-order valence-electron chi connectivity index (χ0n) is 10.4. The zero-order valence-corrected chi connectivity index (χ0v) is 11.2. The van der Waals surface area contributed by atoms with Gasteiger partial charge in [-0.05, 0) is 38.6 Å². The highest BCUT2D eigenvalue weighted by Gasteiger charge is 2.18. The highest BCUT2D eigenvalue weighted by Crippen LogP contribution is 2.23. The molecule has 0 aliphatic rings. The first-order chi connectivity index (χ1) is 8.09. The Labute approximate surface area is 105 Å². The lowest BCUT2D eigenvalue weighted by molar-refractivity contribution is 0.0981. The van der Waals surface area contributed by atoms with Gasteiger partial charge in [0.05, 0.1) is 5.56 Å². The number of ketones is 1. The average molecular weight is 248 g/mol. The first-order valence-electron chi connectivity index (χ1n) is 5.71. The Morgan fingerprint density at radius 3 is 2.59 bits per heavy atom. The molecule has 2 nitrogen and oxygen atoms in total. The van der Waals surface area contributed by atoms with E-state index in [0.29, 0.717) is 6.42 Å². The van der Waals surface area contributed by atoms with Crippen LogP contribution >= 0.6 is 11.3 Å². The third-order valence-electron chi connectivity index (χ3n) is 3.02. The van der Waals surface area contributed by atoms with Gasteiger partial charge in [-0.25, -0.2) is 0 Å². The van der Waals surface area contributed by atoms with Crippen molar-refractivity contribution >= 4 is 17.1 Å². The van der Waals surface area contributed by atoms with E-state index < -0.39 is 0 Å². The van der Waals surface area contributed by atoms with E-state index in [1.54, 1.807) is 11.3 Å². The fraction of sp³-hybridized carbons (Fsp3) is 0.357. The SMILES string of the molecule is Cc1oc(C)c(C(=O)CCc2cccs2)c1C. The number of Topliss-reactive ketones (excluding diaryl/α,β-unsaturated/α-hetero) is 1. The summed E-state index contributed by atoms with van der Waals surface area (Å²) in [5.74, 6) is 1.78. The molecular formula is C14H16O2S. The summed E-state index contributed by atoms with van der Waals surface area (Å²) < 4.78 is 5.49. The summed E-state index contributed by atoms with van der Waals surface area (Å²) in [4.78, 5) is 13.4. The minimum absolute atomic E-state index is 0.185. The van der Waals surface area contributed by atoms with Crippen LogP contribution in [-0.2, 0) is 6.42 Å². The number of hydrogen-bond donors (Lipinski definition) is 0. The summed E-state index contributed by atoms with van der Waals surface area (Å²) in [6.07, 6.45) is 1.38. The monoisotopic (exact) mass is 248 g/mol. The minimum atomic E-state index is 0.185. The molecule has 0 aliphatic heterocycles. The molecule has 0 fully saturated rings. The molecule has 0 aliphatic carbocycles. The molecule has 0 saturated heterocycles. The molecule has 90 valence electrons. The molecule has 0 atom stereocenters. The van der Waals surface area contributed by atoms with Crippen molar-refractivity contribution in [3.63, 3.8) is 0 Å². The predicted octanol–water partition coefficient (Wildman–Crippen LogP) is 4.08. The third-order valence-corrected chi connectivity index (χ3v) is 3.95. The van der Waals surface area contributed by atoms with Gasteiger partial charge in [-0.2, -0.15) is 0 Å². The van der Waals surface area contributed by atoms with Crippen molar-refractivity contribution < 1.29 is 9.21 Å². The molecule has 0 bridgehead atoms. The summed E-state index contributed by atoms with van der Waals surface area (Å²) in [5, 5.41) is 2.04. The van der Waals surface area contributed by atoms with Gasteiger partial charge in [0, 0.05) is 16.9 Å². The van der Waals surface area contributed by atoms with Crippen LogP contribution in [0.5, 0.6) is 0 Å². The van der Waals surface area contributed by atoms with Gasteiger partial charge in [0.2, 0.25) is 0 Å². The first-order valence-corrected chi connectivity index (χ1v) is 6.59. The second-order valence-corrected chi connectivity index (χ2v) is 5.25. The number of carbonyl (C=O) groups is 1. The maximum absolute atomic E-state index is 12.1. The Balaban J connectivity index is 2.10. The fourth-order valence-electron chi connectivity index (χ4n) is 2.02. The van der Waals surface area contributed by atoms with Crippen LogP contribution in [0, 0.1) is 20.8 Å². The molecule has 0 saturated carbocycles. The summed E-state index contributed by atoms with van der Waals surface area (Å²) in [5.41, 5.74) is 1.76. The lowest BCUT2D eigenvalue weighted by atomic mass is 10.0. The summed E-state index contributed by atoms with van der Waals surface area (Å²) in [6.45, 7) is 5.71. The van der Waals surface area contributed by atoms with E-state index in [-0.39, 0.29) is 5.78 Å². The number of furan rings is 1. The van der Waals surface area contributed by atoms with E-state index in [2.05, 4.69) is 6.07 Å². The molecule has 2 aromatic heterocycles. The maximum Gasteiger partial charge on any atom is 0.167 e. The van der Waals surface area contributed by atoms with Gasteiger partial charge in [-0.3, -0.25) is 4.79 Å². The van der Waals surface area contributed by atoms with Crippen LogP contribution < -0.4 is 0 Å². The van der Waals surface area contributed by atoms with Crippen LogP contribution in [0.15, 0.2) is 21.9 Å². The normalized spacial score (nSPS) is 10.8. The minimum Gasteiger partial charge on any atom is -0.466 e. The smallest absolute Gasteiger partial charge is 0.167 e. The second-order valence-electron chi connectivity index (χ2n) is 4.22. The molecule has 0 spiro atoms. The molecule has 2 rings (SSSR count). The van der Waals surface area contributed by atoms with Crippen molar-refractivity contribution in [3.05, 3.63) is 45.0 Å². The molecule has 0 radical (unpaired) electrons. The van der Waals surface area contributed by atoms with E-state index in [4.69, 9.17) is 4.42 Å². The number of hydrogen-bond acceptors (Lipinski definition) is 3. The Morgan fingerprint density at radius 1 is 1.29 bits per heavy atom. The maximum atomic E-state index is 12.1. The highest BCUT2D eigenvalue weighted by atomic mass is 32.1. The molecule has 0 aromatic carbocycles. The molecule has 0 unspecified atom stereocenters. The van der Waals surface area contributed by atoms with E-state index in [0.717, 1.165) is 29.1 Å². The van der Waals surface area contributed by atoms with Crippen molar-refractivity contribution in [3.8, 4) is 0 Å². The molecule has 2 heterocycles. The summed E-state index contributed by atoms with van der Waals surface area (Å²) in [6, 6.07) is 4.08. The largest absolute Gasteiger partial charge is 0.466 e. The number of carbonyl (C=O) groups excluding carboxylic acids is 1. The van der Waals surface area contributed by atoms with E-state index in [1.807, 2.05) is 32.2 Å². The average Bonchev–Trinajstić information content (AvgIpc) is 2.86. The van der Waals surface area contributed by atoms with Gasteiger partial charge in [0.15, 0.2) is 5.78 Å². The fourth-order valence-corrected chi connectivity index (χ4v) is 2.73. The van der Waals surface area contributed by atoms with Gasteiger partial charge in [0.25, 0.3) is 0 Å². The Morgan fingerprint density at radius 2 is 2.06 bits per heavy atom. The number of aryl methyl sites for hydroxylation is 3. The summed E-state index contributed by atoms with van der Waals surface area (Å²) >= 11 is 1.70. The number of rotatable bonds is 4. The van der Waals surface area contributed by atoms with Crippen LogP contribution in [0.25, 0.3) is 0 Å². The standard InChI is InChI=1S/C14H16O2S/c1-9-10(2)16-11(3)14(9)13(15)7-6-12-5-4-8-17-12/h4-5,8H,6-7H2,1-3H3. The van der Waals surface area contributed by atoms with E-state index in [9.17, 15) is 4.79 Å². The van der Waals surface area contributed by atoms with Crippen LogP contribution in [0.4, 0.5) is 0 Å². The van der Waals surface area contributed by atoms with Crippen LogP contribution in [0.1, 0.15) is 38.7 Å². The van der Waals surface area contributed by atoms with Crippen molar-refractivity contribution in [2.24, 2.45) is 0 Å². The first kappa shape index (κ1) is 12.1. The van der Waals surface area contributed by atoms with Crippen molar-refractivity contribution in [1.82, 2.24) is 0 Å². The third kappa shape index (κ3) is 2.50. The van der Waals surface area contributed by atoms with Crippen LogP contribution in [0.3, 0.4) is 0 Å². The molecule has 0 amide bonds. The van der Waals surface area contributed by atoms with Gasteiger partial charge >= 0.3 is 0 Å². The quantitative estimate of drug-likeness (QED) is 0.763. The molecule has 17 heavy (non-hydrogen) atoms. The lowest BCUT2D eigenvalue weighted by Gasteiger charge is -2.00. The number of thiophene rings is 1. The molecule has 0 N–H and O–H groups in total. The Kier molecular flexibility index (Phi) is 3.48. The highest BCUT2D eigenvalue weighted by molar-refractivity contribution is 7.09. The molecule has 3 heteroatoms. The molecular weight excluding hydrogens is 232 g/mol. The van der Waals surface area contributed by atoms with Crippen LogP contribution in [0.2, 0.25) is 0 Å². The topological polar surface area (TPSA) is 30.2 Å². The Hall–Kier alpha value is -1.35. The van der Waals surface area contributed by atoms with Crippen molar-refractivity contribution in [2.75, 3.05) is 0 Å². The van der Waals surface area contributed by atoms with E-state index in [1.165, 1.54) is 4.88 Å². The van der Waals surface area contributed by atoms with Crippen molar-refractivity contribution in [2.45, 2.75) is 33.6 Å². The van der Waals surface area contributed by atoms with Crippen molar-refractivity contribution in [1.29, 1.82) is 0 Å². The van der Waals surface area contributed by atoms with Gasteiger partial charge in [0.1, 0.15) is 11.5 Å². The van der Waals surface area contributed by atoms with Crippen LogP contribution in [-0.4, -0.2) is 5.78 Å². The lowest BCUT2D eigenvalue weighted by Crippen LogP contribution is -2.03. The summed E-state index contributed by atoms with van der Waals surface area (Å²) in [7, 11) is 0. The second kappa shape index (κ2) is 4.88. The molecule has 2 aromatic rings. The Bertz CT molecular complexity index is 521. The predicted molar refractivity (Wildman–Crippen MR) is 69.9 cm³/mol. The van der Waals surface area contributed by atoms with Gasteiger partial charge in [-0.15, -0.1) is 11.3 Å².